The summed E-state index contributed by atoms with van der Waals surface area (Å²) in [5, 5.41) is 1.39. The molecule has 1 amide bonds. The molecule has 4 rings (SSSR count). The molecular formula is C27H25Cl2N3O2. The first-order valence-electron chi connectivity index (χ1n) is 11.3. The van der Waals surface area contributed by atoms with Gasteiger partial charge in [-0.3, -0.25) is 14.2 Å². The first-order valence-corrected chi connectivity index (χ1v) is 12.0. The van der Waals surface area contributed by atoms with Crippen molar-refractivity contribution < 1.29 is 4.79 Å². The van der Waals surface area contributed by atoms with Gasteiger partial charge in [0.15, 0.2) is 0 Å². The van der Waals surface area contributed by atoms with Crippen molar-refractivity contribution >= 4 is 40.0 Å². The average molecular weight is 494 g/mol. The first kappa shape index (κ1) is 24.0. The Labute approximate surface area is 208 Å². The van der Waals surface area contributed by atoms with E-state index in [0.29, 0.717) is 44.6 Å². The number of hydrogen-bond acceptors (Lipinski definition) is 3. The van der Waals surface area contributed by atoms with Crippen LogP contribution in [0.15, 0.2) is 77.6 Å². The summed E-state index contributed by atoms with van der Waals surface area (Å²) in [6, 6.07) is 20.8. The third kappa shape index (κ3) is 4.72. The molecule has 0 aliphatic carbocycles. The van der Waals surface area contributed by atoms with Crippen LogP contribution in [-0.4, -0.2) is 26.9 Å². The van der Waals surface area contributed by atoms with Crippen molar-refractivity contribution in [3.8, 4) is 5.69 Å². The number of fused-ring (bicyclic) bond motifs is 1. The fraction of sp³-hybridized carbons (Fsp3) is 0.222. The van der Waals surface area contributed by atoms with E-state index in [1.165, 1.54) is 0 Å². The standard InChI is InChI=1S/C27H25Cl2N3O2/c1-3-4-16-31(26(33)21-12-5-7-14-23(21)29)18(2)25-30-24-15-8-6-13-22(24)27(34)32(25)20-11-9-10-19(28)17-20/h5-15,17-18H,3-4,16H2,1-2H3. The molecule has 0 spiro atoms. The highest BCUT2D eigenvalue weighted by Crippen LogP contribution is 2.27. The second kappa shape index (κ2) is 10.4. The highest BCUT2D eigenvalue weighted by Gasteiger charge is 2.28. The van der Waals surface area contributed by atoms with Crippen molar-refractivity contribution in [3.63, 3.8) is 0 Å². The summed E-state index contributed by atoms with van der Waals surface area (Å²) >= 11 is 12.6. The van der Waals surface area contributed by atoms with Crippen molar-refractivity contribution in [1.82, 2.24) is 14.5 Å². The molecule has 0 saturated carbocycles. The lowest BCUT2D eigenvalue weighted by Crippen LogP contribution is -2.38. The van der Waals surface area contributed by atoms with Gasteiger partial charge in [-0.15, -0.1) is 0 Å². The number of rotatable bonds is 7. The number of hydrogen-bond donors (Lipinski definition) is 0. The molecule has 0 saturated heterocycles. The molecule has 0 aliphatic heterocycles. The number of carbonyl (C=O) groups excluding carboxylic acids is 1. The maximum absolute atomic E-state index is 13.7. The van der Waals surface area contributed by atoms with E-state index >= 15 is 0 Å². The van der Waals surface area contributed by atoms with Crippen LogP contribution in [0.5, 0.6) is 0 Å². The summed E-state index contributed by atoms with van der Waals surface area (Å²) in [7, 11) is 0. The monoisotopic (exact) mass is 493 g/mol. The third-order valence-electron chi connectivity index (χ3n) is 5.83. The Morgan fingerprint density at radius 3 is 2.50 bits per heavy atom. The summed E-state index contributed by atoms with van der Waals surface area (Å²) in [5.41, 5.74) is 1.38. The third-order valence-corrected chi connectivity index (χ3v) is 6.39. The van der Waals surface area contributed by atoms with Crippen molar-refractivity contribution in [3.05, 3.63) is 105 Å². The van der Waals surface area contributed by atoms with Gasteiger partial charge < -0.3 is 4.90 Å². The minimum Gasteiger partial charge on any atom is -0.329 e. The molecule has 5 nitrogen and oxygen atoms in total. The second-order valence-electron chi connectivity index (χ2n) is 8.12. The van der Waals surface area contributed by atoms with Crippen LogP contribution in [0, 0.1) is 0 Å². The lowest BCUT2D eigenvalue weighted by molar-refractivity contribution is 0.0678. The quantitative estimate of drug-likeness (QED) is 0.288. The molecule has 1 aromatic heterocycles. The van der Waals surface area contributed by atoms with Crippen LogP contribution >= 0.6 is 23.2 Å². The van der Waals surface area contributed by atoms with Crippen LogP contribution in [0.1, 0.15) is 48.9 Å². The predicted octanol–water partition coefficient (Wildman–Crippen LogP) is 6.70. The lowest BCUT2D eigenvalue weighted by Gasteiger charge is -2.31. The summed E-state index contributed by atoms with van der Waals surface area (Å²) < 4.78 is 1.55. The largest absolute Gasteiger partial charge is 0.329 e. The molecule has 1 atom stereocenters. The lowest BCUT2D eigenvalue weighted by atomic mass is 10.1. The van der Waals surface area contributed by atoms with Crippen molar-refractivity contribution in [2.45, 2.75) is 32.7 Å². The number of halogens is 2. The Hall–Kier alpha value is -3.15. The van der Waals surface area contributed by atoms with Gasteiger partial charge in [0.25, 0.3) is 11.5 Å². The van der Waals surface area contributed by atoms with Crippen LogP contribution in [0.2, 0.25) is 10.0 Å². The molecule has 0 radical (unpaired) electrons. The Bertz CT molecular complexity index is 1400. The van der Waals surface area contributed by atoms with Crippen LogP contribution in [0.3, 0.4) is 0 Å². The molecule has 4 aromatic rings. The van der Waals surface area contributed by atoms with E-state index in [-0.39, 0.29) is 11.5 Å². The van der Waals surface area contributed by atoms with Gasteiger partial charge in [0.2, 0.25) is 0 Å². The predicted molar refractivity (Wildman–Crippen MR) is 138 cm³/mol. The van der Waals surface area contributed by atoms with E-state index in [1.54, 1.807) is 58.0 Å². The zero-order valence-electron chi connectivity index (χ0n) is 19.0. The van der Waals surface area contributed by atoms with Gasteiger partial charge in [-0.25, -0.2) is 4.98 Å². The van der Waals surface area contributed by atoms with E-state index < -0.39 is 6.04 Å². The van der Waals surface area contributed by atoms with Crippen molar-refractivity contribution in [2.75, 3.05) is 6.54 Å². The molecule has 0 bridgehead atoms. The number of unbranched alkanes of at least 4 members (excludes halogenated alkanes) is 1. The number of nitrogens with zero attached hydrogens (tertiary/aromatic N) is 3. The highest BCUT2D eigenvalue weighted by atomic mass is 35.5. The molecule has 174 valence electrons. The molecule has 3 aromatic carbocycles. The van der Waals surface area contributed by atoms with Gasteiger partial charge in [0.1, 0.15) is 5.82 Å². The molecule has 0 fully saturated rings. The number of amides is 1. The zero-order chi connectivity index (χ0) is 24.2. The molecular weight excluding hydrogens is 469 g/mol. The fourth-order valence-corrected chi connectivity index (χ4v) is 4.42. The molecule has 34 heavy (non-hydrogen) atoms. The van der Waals surface area contributed by atoms with Gasteiger partial charge in [0.05, 0.1) is 33.2 Å². The van der Waals surface area contributed by atoms with Crippen molar-refractivity contribution in [1.29, 1.82) is 0 Å². The van der Waals surface area contributed by atoms with Gasteiger partial charge >= 0.3 is 0 Å². The minimum atomic E-state index is -0.508. The molecule has 1 heterocycles. The topological polar surface area (TPSA) is 55.2 Å². The summed E-state index contributed by atoms with van der Waals surface area (Å²) in [6.07, 6.45) is 1.71. The van der Waals surface area contributed by atoms with Gasteiger partial charge in [-0.2, -0.15) is 0 Å². The average Bonchev–Trinajstić information content (AvgIpc) is 2.84. The normalized spacial score (nSPS) is 12.0. The van der Waals surface area contributed by atoms with Crippen LogP contribution in [-0.2, 0) is 0 Å². The van der Waals surface area contributed by atoms with Crippen LogP contribution < -0.4 is 5.56 Å². The minimum absolute atomic E-state index is 0.202. The Kier molecular flexibility index (Phi) is 7.35. The van der Waals surface area contributed by atoms with Crippen molar-refractivity contribution in [2.24, 2.45) is 0 Å². The Balaban J connectivity index is 1.92. The summed E-state index contributed by atoms with van der Waals surface area (Å²) in [4.78, 5) is 33.9. The second-order valence-corrected chi connectivity index (χ2v) is 8.96. The summed E-state index contributed by atoms with van der Waals surface area (Å²) in [5.74, 6) is 0.258. The Morgan fingerprint density at radius 2 is 1.76 bits per heavy atom. The van der Waals surface area contributed by atoms with E-state index in [9.17, 15) is 9.59 Å². The van der Waals surface area contributed by atoms with E-state index in [0.717, 1.165) is 12.8 Å². The van der Waals surface area contributed by atoms with Gasteiger partial charge in [-0.1, -0.05) is 66.9 Å². The molecule has 0 aliphatic rings. The number of aromatic nitrogens is 2. The molecule has 0 N–H and O–H groups in total. The number of benzene rings is 3. The first-order chi connectivity index (χ1) is 16.4. The van der Waals surface area contributed by atoms with E-state index in [1.807, 2.05) is 31.2 Å². The van der Waals surface area contributed by atoms with E-state index in [2.05, 4.69) is 6.92 Å². The molecule has 1 unspecified atom stereocenters. The fourth-order valence-electron chi connectivity index (χ4n) is 4.02. The maximum atomic E-state index is 13.7. The van der Waals surface area contributed by atoms with Gasteiger partial charge in [-0.05, 0) is 55.8 Å². The maximum Gasteiger partial charge on any atom is 0.266 e. The van der Waals surface area contributed by atoms with Crippen LogP contribution in [0.4, 0.5) is 0 Å². The Morgan fingerprint density at radius 1 is 1.03 bits per heavy atom. The summed E-state index contributed by atoms with van der Waals surface area (Å²) in [6.45, 7) is 4.46. The number of carbonyl (C=O) groups is 1. The van der Waals surface area contributed by atoms with E-state index in [4.69, 9.17) is 28.2 Å². The number of para-hydroxylation sites is 1. The highest BCUT2D eigenvalue weighted by molar-refractivity contribution is 6.33. The zero-order valence-corrected chi connectivity index (χ0v) is 20.6. The SMILES string of the molecule is CCCCN(C(=O)c1ccccc1Cl)C(C)c1nc2ccccc2c(=O)n1-c1cccc(Cl)c1. The van der Waals surface area contributed by atoms with Gasteiger partial charge in [0, 0.05) is 11.6 Å². The molecule has 7 heteroatoms. The van der Waals surface area contributed by atoms with Crippen LogP contribution in [0.25, 0.3) is 16.6 Å². The smallest absolute Gasteiger partial charge is 0.266 e.